The number of benzene rings is 1. The van der Waals surface area contributed by atoms with Crippen molar-refractivity contribution < 1.29 is 4.79 Å². The summed E-state index contributed by atoms with van der Waals surface area (Å²) < 4.78 is 0. The molecular formula is C18H26N2O. The third-order valence-electron chi connectivity index (χ3n) is 4.77. The van der Waals surface area contributed by atoms with E-state index in [1.807, 2.05) is 11.8 Å². The second-order valence-electron chi connectivity index (χ2n) is 6.88. The zero-order valence-electron chi connectivity index (χ0n) is 13.3. The smallest absolute Gasteiger partial charge is 0.241 e. The quantitative estimate of drug-likeness (QED) is 0.899. The minimum absolute atomic E-state index is 0.0486. The van der Waals surface area contributed by atoms with Crippen LogP contribution in [0, 0.1) is 5.92 Å². The summed E-state index contributed by atoms with van der Waals surface area (Å²) in [6.07, 6.45) is 3.89. The topological polar surface area (TPSA) is 32.3 Å². The molecule has 1 aromatic rings. The summed E-state index contributed by atoms with van der Waals surface area (Å²) in [5, 5.41) is 3.44. The van der Waals surface area contributed by atoms with Crippen molar-refractivity contribution in [1.29, 1.82) is 0 Å². The number of carbonyl (C=O) groups excluding carboxylic acids is 1. The van der Waals surface area contributed by atoms with Crippen molar-refractivity contribution in [3.8, 4) is 0 Å². The summed E-state index contributed by atoms with van der Waals surface area (Å²) >= 11 is 0. The predicted octanol–water partition coefficient (Wildman–Crippen LogP) is 3.43. The summed E-state index contributed by atoms with van der Waals surface area (Å²) in [5.74, 6) is 1.65. The Bertz CT molecular complexity index is 504. The number of nitrogens with zero attached hydrogens (tertiary/aromatic N) is 1. The van der Waals surface area contributed by atoms with Gasteiger partial charge >= 0.3 is 0 Å². The van der Waals surface area contributed by atoms with E-state index >= 15 is 0 Å². The van der Waals surface area contributed by atoms with Crippen molar-refractivity contribution in [2.75, 3.05) is 6.54 Å². The lowest BCUT2D eigenvalue weighted by Crippen LogP contribution is -2.31. The van der Waals surface area contributed by atoms with Gasteiger partial charge in [-0.1, -0.05) is 51.0 Å². The van der Waals surface area contributed by atoms with E-state index < -0.39 is 0 Å². The molecule has 3 heteroatoms. The molecule has 1 aliphatic heterocycles. The van der Waals surface area contributed by atoms with Gasteiger partial charge in [0.2, 0.25) is 5.91 Å². The van der Waals surface area contributed by atoms with Gasteiger partial charge in [0, 0.05) is 6.54 Å². The summed E-state index contributed by atoms with van der Waals surface area (Å²) in [5.41, 5.74) is 2.55. The molecule has 1 aliphatic carbocycles. The molecule has 2 fully saturated rings. The molecule has 2 unspecified atom stereocenters. The molecule has 1 saturated carbocycles. The SMILES string of the molecule is CC1NC(c2ccc(C(C)C)cc2)N(CCC2CC2)C1=O. The van der Waals surface area contributed by atoms with E-state index in [1.165, 1.54) is 24.0 Å². The largest absolute Gasteiger partial charge is 0.322 e. The molecule has 1 heterocycles. The van der Waals surface area contributed by atoms with Gasteiger partial charge in [0.15, 0.2) is 0 Å². The third kappa shape index (κ3) is 3.13. The number of carbonyl (C=O) groups is 1. The molecule has 3 nitrogen and oxygen atoms in total. The van der Waals surface area contributed by atoms with Gasteiger partial charge in [-0.2, -0.15) is 0 Å². The van der Waals surface area contributed by atoms with E-state index in [0.717, 1.165) is 18.9 Å². The monoisotopic (exact) mass is 286 g/mol. The van der Waals surface area contributed by atoms with Crippen LogP contribution < -0.4 is 5.32 Å². The van der Waals surface area contributed by atoms with Gasteiger partial charge in [-0.25, -0.2) is 0 Å². The minimum Gasteiger partial charge on any atom is -0.322 e. The zero-order valence-corrected chi connectivity index (χ0v) is 13.3. The van der Waals surface area contributed by atoms with E-state index in [-0.39, 0.29) is 18.1 Å². The predicted molar refractivity (Wildman–Crippen MR) is 84.9 cm³/mol. The first-order valence-corrected chi connectivity index (χ1v) is 8.22. The highest BCUT2D eigenvalue weighted by Crippen LogP contribution is 2.34. The fourth-order valence-corrected chi connectivity index (χ4v) is 3.08. The van der Waals surface area contributed by atoms with E-state index in [0.29, 0.717) is 5.92 Å². The maximum absolute atomic E-state index is 12.4. The molecule has 1 aromatic carbocycles. The second-order valence-corrected chi connectivity index (χ2v) is 6.88. The van der Waals surface area contributed by atoms with Gasteiger partial charge in [0.05, 0.1) is 6.04 Å². The molecule has 1 saturated heterocycles. The van der Waals surface area contributed by atoms with Crippen LogP contribution in [0.2, 0.25) is 0 Å². The average molecular weight is 286 g/mol. The van der Waals surface area contributed by atoms with Gasteiger partial charge in [-0.3, -0.25) is 10.1 Å². The van der Waals surface area contributed by atoms with Crippen LogP contribution in [-0.2, 0) is 4.79 Å². The standard InChI is InChI=1S/C18H26N2O/c1-12(2)15-6-8-16(9-7-15)17-19-13(3)18(21)20(17)11-10-14-4-5-14/h6-9,12-14,17,19H,4-5,10-11H2,1-3H3. The van der Waals surface area contributed by atoms with Crippen LogP contribution in [0.1, 0.15) is 63.2 Å². The lowest BCUT2D eigenvalue weighted by atomic mass is 10.0. The molecule has 2 atom stereocenters. The fourth-order valence-electron chi connectivity index (χ4n) is 3.08. The zero-order chi connectivity index (χ0) is 15.0. The lowest BCUT2D eigenvalue weighted by Gasteiger charge is -2.25. The molecule has 0 radical (unpaired) electrons. The average Bonchev–Trinajstić information content (AvgIpc) is 3.25. The summed E-state index contributed by atoms with van der Waals surface area (Å²) in [4.78, 5) is 14.4. The summed E-state index contributed by atoms with van der Waals surface area (Å²) in [6.45, 7) is 7.26. The Labute approximate surface area is 127 Å². The molecule has 0 spiro atoms. The van der Waals surface area contributed by atoms with Gasteiger partial charge in [0.25, 0.3) is 0 Å². The highest BCUT2D eigenvalue weighted by atomic mass is 16.2. The van der Waals surface area contributed by atoms with Crippen LogP contribution in [0.15, 0.2) is 24.3 Å². The third-order valence-corrected chi connectivity index (χ3v) is 4.77. The molecule has 114 valence electrons. The Morgan fingerprint density at radius 3 is 2.48 bits per heavy atom. The van der Waals surface area contributed by atoms with E-state index in [2.05, 4.69) is 43.4 Å². The molecular weight excluding hydrogens is 260 g/mol. The Kier molecular flexibility index (Phi) is 4.03. The molecule has 21 heavy (non-hydrogen) atoms. The van der Waals surface area contributed by atoms with Crippen LogP contribution in [0.25, 0.3) is 0 Å². The Morgan fingerprint density at radius 1 is 1.24 bits per heavy atom. The highest BCUT2D eigenvalue weighted by Gasteiger charge is 2.37. The number of nitrogens with one attached hydrogen (secondary N) is 1. The number of hydrogen-bond acceptors (Lipinski definition) is 2. The highest BCUT2D eigenvalue weighted by molar-refractivity contribution is 5.84. The molecule has 1 amide bonds. The second kappa shape index (κ2) is 5.80. The van der Waals surface area contributed by atoms with Crippen molar-refractivity contribution in [1.82, 2.24) is 10.2 Å². The maximum Gasteiger partial charge on any atom is 0.241 e. The number of amides is 1. The first-order chi connectivity index (χ1) is 10.1. The lowest BCUT2D eigenvalue weighted by molar-refractivity contribution is -0.129. The van der Waals surface area contributed by atoms with Crippen LogP contribution in [0.3, 0.4) is 0 Å². The Morgan fingerprint density at radius 2 is 1.90 bits per heavy atom. The van der Waals surface area contributed by atoms with Crippen molar-refractivity contribution in [3.05, 3.63) is 35.4 Å². The van der Waals surface area contributed by atoms with E-state index in [4.69, 9.17) is 0 Å². The van der Waals surface area contributed by atoms with Crippen molar-refractivity contribution in [2.24, 2.45) is 5.92 Å². The first-order valence-electron chi connectivity index (χ1n) is 8.22. The van der Waals surface area contributed by atoms with Gasteiger partial charge in [-0.15, -0.1) is 0 Å². The molecule has 0 bridgehead atoms. The van der Waals surface area contributed by atoms with Crippen LogP contribution >= 0.6 is 0 Å². The van der Waals surface area contributed by atoms with Gasteiger partial charge < -0.3 is 4.90 Å². The van der Waals surface area contributed by atoms with Crippen molar-refractivity contribution >= 4 is 5.91 Å². The van der Waals surface area contributed by atoms with E-state index in [9.17, 15) is 4.79 Å². The first kappa shape index (κ1) is 14.6. The summed E-state index contributed by atoms with van der Waals surface area (Å²) in [6, 6.07) is 8.65. The summed E-state index contributed by atoms with van der Waals surface area (Å²) in [7, 11) is 0. The number of rotatable bonds is 5. The fraction of sp³-hybridized carbons (Fsp3) is 0.611. The van der Waals surface area contributed by atoms with Crippen molar-refractivity contribution in [2.45, 2.75) is 58.2 Å². The molecule has 3 rings (SSSR count). The minimum atomic E-state index is -0.0704. The normalized spacial score (nSPS) is 25.9. The molecule has 2 aliphatic rings. The van der Waals surface area contributed by atoms with Crippen molar-refractivity contribution in [3.63, 3.8) is 0 Å². The Hall–Kier alpha value is -1.35. The maximum atomic E-state index is 12.4. The van der Waals surface area contributed by atoms with Gasteiger partial charge in [0.1, 0.15) is 6.17 Å². The Balaban J connectivity index is 1.75. The van der Waals surface area contributed by atoms with Crippen LogP contribution in [0.5, 0.6) is 0 Å². The van der Waals surface area contributed by atoms with Crippen LogP contribution in [0.4, 0.5) is 0 Å². The van der Waals surface area contributed by atoms with E-state index in [1.54, 1.807) is 0 Å². The van der Waals surface area contributed by atoms with Gasteiger partial charge in [-0.05, 0) is 36.3 Å². The molecule has 1 N–H and O–H groups in total. The number of hydrogen-bond donors (Lipinski definition) is 1. The molecule has 0 aromatic heterocycles. The van der Waals surface area contributed by atoms with Crippen LogP contribution in [-0.4, -0.2) is 23.4 Å².